The molecule has 2 atom stereocenters. The maximum Gasteiger partial charge on any atom is 0.135 e. The van der Waals surface area contributed by atoms with Gasteiger partial charge in [0.25, 0.3) is 0 Å². The van der Waals surface area contributed by atoms with E-state index in [2.05, 4.69) is 16.8 Å². The van der Waals surface area contributed by atoms with Crippen molar-refractivity contribution in [3.8, 4) is 5.75 Å². The molecule has 1 N–H and O–H groups in total. The third-order valence-corrected chi connectivity index (χ3v) is 7.17. The molecule has 188 valence electrons. The lowest BCUT2D eigenvalue weighted by Crippen LogP contribution is -2.53. The number of halogens is 3. The van der Waals surface area contributed by atoms with Crippen LogP contribution < -0.4 is 4.74 Å². The summed E-state index contributed by atoms with van der Waals surface area (Å²) >= 11 is 0. The van der Waals surface area contributed by atoms with Gasteiger partial charge >= 0.3 is 0 Å². The summed E-state index contributed by atoms with van der Waals surface area (Å²) in [6, 6.07) is 9.56. The number of aromatic amines is 1. The number of likely N-dealkylation sites (tertiary alicyclic amines) is 1. The van der Waals surface area contributed by atoms with Gasteiger partial charge in [-0.05, 0) is 51.8 Å². The Morgan fingerprint density at radius 3 is 2.46 bits per heavy atom. The minimum atomic E-state index is -1.53. The van der Waals surface area contributed by atoms with Crippen molar-refractivity contribution in [3.63, 3.8) is 0 Å². The van der Waals surface area contributed by atoms with Crippen LogP contribution in [0.25, 0.3) is 10.9 Å². The van der Waals surface area contributed by atoms with Crippen molar-refractivity contribution in [2.75, 3.05) is 26.2 Å². The number of nitrogens with one attached hydrogen (secondary N) is 1. The number of hydrogen-bond donors (Lipinski definition) is 1. The first-order valence-corrected chi connectivity index (χ1v) is 12.6. The molecular formula is C28H34F3N3O. The Morgan fingerprint density at radius 2 is 1.80 bits per heavy atom. The fourth-order valence-electron chi connectivity index (χ4n) is 5.68. The number of rotatable bonds is 7. The van der Waals surface area contributed by atoms with Crippen molar-refractivity contribution >= 4 is 10.9 Å². The highest BCUT2D eigenvalue weighted by Crippen LogP contribution is 2.43. The molecule has 0 aliphatic carbocycles. The maximum atomic E-state index is 15.7. The number of para-hydroxylation sites is 1. The normalized spacial score (nSPS) is 21.8. The summed E-state index contributed by atoms with van der Waals surface area (Å²) in [6.45, 7) is 9.69. The van der Waals surface area contributed by atoms with Crippen LogP contribution in [-0.4, -0.2) is 58.8 Å². The van der Waals surface area contributed by atoms with Crippen LogP contribution in [0.1, 0.15) is 57.0 Å². The van der Waals surface area contributed by atoms with E-state index in [0.29, 0.717) is 6.42 Å². The van der Waals surface area contributed by atoms with Crippen molar-refractivity contribution in [3.05, 3.63) is 64.9 Å². The summed E-state index contributed by atoms with van der Waals surface area (Å²) in [5.41, 5.74) is 1.09. The second-order valence-electron chi connectivity index (χ2n) is 10.7. The van der Waals surface area contributed by atoms with Gasteiger partial charge in [-0.1, -0.05) is 25.1 Å². The third kappa shape index (κ3) is 4.68. The SMILES string of the molecule is CCCN1CC(Oc2cc(F)c([C@@H]3c4[nH]c5ccccc5c4C[C@@H](C)N3CC(C)(C)F)c(F)c2)C1. The Labute approximate surface area is 205 Å². The van der Waals surface area contributed by atoms with Crippen LogP contribution >= 0.6 is 0 Å². The van der Waals surface area contributed by atoms with Crippen LogP contribution in [0.4, 0.5) is 13.2 Å². The number of aromatic nitrogens is 1. The second kappa shape index (κ2) is 9.17. The lowest BCUT2D eigenvalue weighted by Gasteiger charge is -2.43. The number of H-pyrrole nitrogens is 1. The molecule has 0 unspecified atom stereocenters. The third-order valence-electron chi connectivity index (χ3n) is 7.17. The van der Waals surface area contributed by atoms with E-state index in [-0.39, 0.29) is 30.0 Å². The molecule has 0 radical (unpaired) electrons. The fourth-order valence-corrected chi connectivity index (χ4v) is 5.68. The summed E-state index contributed by atoms with van der Waals surface area (Å²) in [6.07, 6.45) is 1.67. The van der Waals surface area contributed by atoms with E-state index in [1.54, 1.807) is 0 Å². The van der Waals surface area contributed by atoms with Gasteiger partial charge in [-0.25, -0.2) is 13.2 Å². The van der Waals surface area contributed by atoms with Crippen LogP contribution in [0.15, 0.2) is 36.4 Å². The van der Waals surface area contributed by atoms with Gasteiger partial charge in [0.05, 0.1) is 6.04 Å². The van der Waals surface area contributed by atoms with Crippen LogP contribution in [0, 0.1) is 11.6 Å². The quantitative estimate of drug-likeness (QED) is 0.445. The first kappa shape index (κ1) is 24.2. The van der Waals surface area contributed by atoms with Gasteiger partial charge < -0.3 is 9.72 Å². The van der Waals surface area contributed by atoms with Crippen molar-refractivity contribution in [2.24, 2.45) is 0 Å². The predicted octanol–water partition coefficient (Wildman–Crippen LogP) is 6.00. The first-order valence-electron chi connectivity index (χ1n) is 12.6. The van der Waals surface area contributed by atoms with Crippen LogP contribution in [-0.2, 0) is 6.42 Å². The number of hydrogen-bond acceptors (Lipinski definition) is 3. The average molecular weight is 486 g/mol. The predicted molar refractivity (Wildman–Crippen MR) is 133 cm³/mol. The number of nitrogens with zero attached hydrogens (tertiary/aromatic N) is 2. The number of alkyl halides is 1. The molecule has 1 aromatic heterocycles. The lowest BCUT2D eigenvalue weighted by atomic mass is 9.87. The lowest BCUT2D eigenvalue weighted by molar-refractivity contribution is 0.0197. The molecule has 0 saturated carbocycles. The molecule has 0 amide bonds. The second-order valence-corrected chi connectivity index (χ2v) is 10.7. The molecule has 7 heteroatoms. The molecule has 2 aliphatic rings. The van der Waals surface area contributed by atoms with E-state index in [0.717, 1.165) is 48.2 Å². The van der Waals surface area contributed by atoms with Crippen LogP contribution in [0.5, 0.6) is 5.75 Å². The maximum absolute atomic E-state index is 15.7. The number of benzene rings is 2. The summed E-state index contributed by atoms with van der Waals surface area (Å²) in [4.78, 5) is 7.54. The van der Waals surface area contributed by atoms with Gasteiger partial charge in [0.2, 0.25) is 0 Å². The van der Waals surface area contributed by atoms with Crippen LogP contribution in [0.2, 0.25) is 0 Å². The van der Waals surface area contributed by atoms with Gasteiger partial charge in [-0.15, -0.1) is 0 Å². The number of fused-ring (bicyclic) bond motifs is 3. The Hall–Kier alpha value is -2.51. The molecule has 2 aromatic carbocycles. The van der Waals surface area contributed by atoms with E-state index < -0.39 is 23.3 Å². The van der Waals surface area contributed by atoms with Crippen LogP contribution in [0.3, 0.4) is 0 Å². The number of ether oxygens (including phenoxy) is 1. The van der Waals surface area contributed by atoms with E-state index in [1.165, 1.54) is 26.0 Å². The smallest absolute Gasteiger partial charge is 0.135 e. The molecule has 4 nitrogen and oxygen atoms in total. The molecule has 5 rings (SSSR count). The first-order chi connectivity index (χ1) is 16.6. The Bertz CT molecular complexity index is 1190. The van der Waals surface area contributed by atoms with Crippen molar-refractivity contribution < 1.29 is 17.9 Å². The molecule has 35 heavy (non-hydrogen) atoms. The fraction of sp³-hybridized carbons (Fsp3) is 0.500. The molecule has 0 spiro atoms. The average Bonchev–Trinajstić information content (AvgIpc) is 3.11. The van der Waals surface area contributed by atoms with Crippen molar-refractivity contribution in [1.82, 2.24) is 14.8 Å². The molecule has 0 bridgehead atoms. The van der Waals surface area contributed by atoms with E-state index >= 15 is 8.78 Å². The molecule has 3 aromatic rings. The van der Waals surface area contributed by atoms with Gasteiger partial charge in [0.1, 0.15) is 29.2 Å². The van der Waals surface area contributed by atoms with Gasteiger partial charge in [-0.3, -0.25) is 9.80 Å². The topological polar surface area (TPSA) is 31.5 Å². The van der Waals surface area contributed by atoms with Gasteiger partial charge in [0, 0.05) is 60.0 Å². The van der Waals surface area contributed by atoms with Crippen molar-refractivity contribution in [2.45, 2.75) is 64.4 Å². The highest BCUT2D eigenvalue weighted by molar-refractivity contribution is 5.85. The molecule has 1 fully saturated rings. The molecular weight excluding hydrogens is 451 g/mol. The highest BCUT2D eigenvalue weighted by Gasteiger charge is 2.41. The summed E-state index contributed by atoms with van der Waals surface area (Å²) in [5.74, 6) is -1.15. The minimum Gasteiger partial charge on any atom is -0.488 e. The van der Waals surface area contributed by atoms with E-state index in [1.807, 2.05) is 36.1 Å². The molecule has 1 saturated heterocycles. The van der Waals surface area contributed by atoms with E-state index in [4.69, 9.17) is 4.74 Å². The standard InChI is InChI=1S/C28H34F3N3O/c1-5-10-33-14-19(15-33)35-18-12-22(29)25(23(30)13-18)27-26-21(20-8-6-7-9-24(20)32-26)11-17(2)34(27)16-28(3,4)31/h6-9,12-13,17,19,27,32H,5,10-11,14-16H2,1-4H3/t17-,27-/m1/s1. The zero-order chi connectivity index (χ0) is 24.9. The largest absolute Gasteiger partial charge is 0.488 e. The monoisotopic (exact) mass is 485 g/mol. The minimum absolute atomic E-state index is 0.0557. The van der Waals surface area contributed by atoms with Crippen molar-refractivity contribution in [1.29, 1.82) is 0 Å². The van der Waals surface area contributed by atoms with Gasteiger partial charge in [0.15, 0.2) is 0 Å². The molecule has 2 aliphatic heterocycles. The zero-order valence-corrected chi connectivity index (χ0v) is 20.9. The summed E-state index contributed by atoms with van der Waals surface area (Å²) in [7, 11) is 0. The summed E-state index contributed by atoms with van der Waals surface area (Å²) in [5, 5.41) is 1.04. The Balaban J connectivity index is 1.54. The summed E-state index contributed by atoms with van der Waals surface area (Å²) < 4.78 is 52.1. The zero-order valence-electron chi connectivity index (χ0n) is 20.9. The van der Waals surface area contributed by atoms with E-state index in [9.17, 15) is 4.39 Å². The van der Waals surface area contributed by atoms with Gasteiger partial charge in [-0.2, -0.15) is 0 Å². The highest BCUT2D eigenvalue weighted by atomic mass is 19.1. The Kier molecular flexibility index (Phi) is 6.34. The molecule has 3 heterocycles. The Morgan fingerprint density at radius 1 is 1.11 bits per heavy atom.